The van der Waals surface area contributed by atoms with Crippen molar-refractivity contribution >= 4 is 34.1 Å². The molecule has 0 fully saturated rings. The zero-order valence-corrected chi connectivity index (χ0v) is 19.5. The van der Waals surface area contributed by atoms with Gasteiger partial charge in [-0.3, -0.25) is 4.79 Å². The van der Waals surface area contributed by atoms with Crippen LogP contribution >= 0.6 is 11.3 Å². The van der Waals surface area contributed by atoms with Gasteiger partial charge in [0.25, 0.3) is 5.91 Å². The number of para-hydroxylation sites is 1. The maximum Gasteiger partial charge on any atom is 0.259 e. The third-order valence-electron chi connectivity index (χ3n) is 5.35. The zero-order valence-electron chi connectivity index (χ0n) is 18.7. The molecule has 1 aliphatic carbocycles. The Morgan fingerprint density at radius 1 is 1.06 bits per heavy atom. The second-order valence-corrected chi connectivity index (χ2v) is 8.74. The van der Waals surface area contributed by atoms with Gasteiger partial charge in [-0.2, -0.15) is 0 Å². The molecular weight excluding hydrogens is 444 g/mol. The van der Waals surface area contributed by atoms with Crippen LogP contribution in [0.1, 0.15) is 39.2 Å². The van der Waals surface area contributed by atoms with Crippen LogP contribution in [0.4, 0.5) is 10.7 Å². The van der Waals surface area contributed by atoms with Crippen molar-refractivity contribution in [1.29, 1.82) is 0 Å². The molecule has 4 rings (SSSR count). The highest BCUT2D eigenvalue weighted by Gasteiger charge is 2.25. The summed E-state index contributed by atoms with van der Waals surface area (Å²) in [5, 5.41) is 3.70. The number of aliphatic imine (C=N–C) groups is 1. The van der Waals surface area contributed by atoms with E-state index in [0.717, 1.165) is 42.5 Å². The molecule has 2 aromatic carbocycles. The number of nitrogens with one attached hydrogen (secondary N) is 1. The van der Waals surface area contributed by atoms with E-state index in [1.807, 2.05) is 36.4 Å². The smallest absolute Gasteiger partial charge is 0.259 e. The van der Waals surface area contributed by atoms with E-state index in [9.17, 15) is 4.79 Å². The van der Waals surface area contributed by atoms with Crippen LogP contribution < -0.4 is 14.8 Å². The number of nitrogens with zero attached hydrogens (tertiary/aromatic N) is 1. The van der Waals surface area contributed by atoms with Crippen molar-refractivity contribution in [3.05, 3.63) is 70.1 Å². The van der Waals surface area contributed by atoms with Gasteiger partial charge in [-0.1, -0.05) is 30.0 Å². The molecule has 0 spiro atoms. The SMILES string of the molecule is C#CCOc1ccc(C=Nc2sc3c(c2C(=O)Nc2ccccc2)CCCC3)c(OCC#C)c1. The molecule has 0 bridgehead atoms. The van der Waals surface area contributed by atoms with E-state index in [1.54, 1.807) is 29.7 Å². The first-order valence-electron chi connectivity index (χ1n) is 11.0. The lowest BCUT2D eigenvalue weighted by Crippen LogP contribution is -2.14. The predicted molar refractivity (Wildman–Crippen MR) is 138 cm³/mol. The average molecular weight is 469 g/mol. The van der Waals surface area contributed by atoms with E-state index in [1.165, 1.54) is 4.88 Å². The fourth-order valence-electron chi connectivity index (χ4n) is 3.80. The zero-order chi connectivity index (χ0) is 23.8. The van der Waals surface area contributed by atoms with Crippen LogP contribution in [0.25, 0.3) is 0 Å². The Morgan fingerprint density at radius 3 is 2.62 bits per heavy atom. The molecule has 1 amide bonds. The number of thiophene rings is 1. The Bertz CT molecular complexity index is 1280. The molecule has 5 nitrogen and oxygen atoms in total. The lowest BCUT2D eigenvalue weighted by atomic mass is 9.95. The van der Waals surface area contributed by atoms with Gasteiger partial charge in [0, 0.05) is 28.4 Å². The summed E-state index contributed by atoms with van der Waals surface area (Å²) in [5.41, 5.74) is 3.24. The monoisotopic (exact) mass is 468 g/mol. The topological polar surface area (TPSA) is 59.9 Å². The second-order valence-electron chi connectivity index (χ2n) is 7.65. The fourth-order valence-corrected chi connectivity index (χ4v) is 5.03. The number of benzene rings is 2. The van der Waals surface area contributed by atoms with E-state index in [0.29, 0.717) is 22.1 Å². The summed E-state index contributed by atoms with van der Waals surface area (Å²) < 4.78 is 11.2. The summed E-state index contributed by atoms with van der Waals surface area (Å²) >= 11 is 1.58. The molecule has 1 heterocycles. The number of hydrogen-bond acceptors (Lipinski definition) is 5. The van der Waals surface area contributed by atoms with Crippen molar-refractivity contribution in [2.24, 2.45) is 4.99 Å². The quantitative estimate of drug-likeness (QED) is 0.343. The number of aryl methyl sites for hydroxylation is 1. The van der Waals surface area contributed by atoms with Gasteiger partial charge in [-0.15, -0.1) is 24.2 Å². The van der Waals surface area contributed by atoms with Crippen molar-refractivity contribution in [3.63, 3.8) is 0 Å². The van der Waals surface area contributed by atoms with Gasteiger partial charge >= 0.3 is 0 Å². The molecule has 3 aromatic rings. The first-order chi connectivity index (χ1) is 16.7. The Balaban J connectivity index is 1.66. The first-order valence-corrected chi connectivity index (χ1v) is 11.8. The first kappa shape index (κ1) is 23.2. The van der Waals surface area contributed by atoms with Gasteiger partial charge in [0.2, 0.25) is 0 Å². The molecule has 1 aliphatic rings. The highest BCUT2D eigenvalue weighted by Crippen LogP contribution is 2.40. The second kappa shape index (κ2) is 11.2. The Kier molecular flexibility index (Phi) is 7.65. The molecule has 0 radical (unpaired) electrons. The number of rotatable bonds is 8. The molecule has 6 heteroatoms. The van der Waals surface area contributed by atoms with Crippen LogP contribution in [0.3, 0.4) is 0 Å². The van der Waals surface area contributed by atoms with Crippen LogP contribution in [-0.4, -0.2) is 25.3 Å². The summed E-state index contributed by atoms with van der Waals surface area (Å²) in [6.45, 7) is 0.264. The highest BCUT2D eigenvalue weighted by molar-refractivity contribution is 7.16. The van der Waals surface area contributed by atoms with Crippen molar-refractivity contribution in [2.75, 3.05) is 18.5 Å². The van der Waals surface area contributed by atoms with Crippen LogP contribution in [0.2, 0.25) is 0 Å². The number of carbonyl (C=O) groups excluding carboxylic acids is 1. The van der Waals surface area contributed by atoms with Crippen LogP contribution in [-0.2, 0) is 12.8 Å². The Labute approximate surface area is 203 Å². The third kappa shape index (κ3) is 5.49. The largest absolute Gasteiger partial charge is 0.481 e. The molecule has 1 aromatic heterocycles. The number of anilines is 1. The molecule has 0 saturated heterocycles. The van der Waals surface area contributed by atoms with E-state index >= 15 is 0 Å². The van der Waals surface area contributed by atoms with Gasteiger partial charge < -0.3 is 14.8 Å². The molecule has 0 saturated carbocycles. The summed E-state index contributed by atoms with van der Waals surface area (Å²) in [6, 6.07) is 14.8. The lowest BCUT2D eigenvalue weighted by molar-refractivity contribution is 0.102. The average Bonchev–Trinajstić information content (AvgIpc) is 3.24. The standard InChI is InChI=1S/C28H24N2O3S/c1-3-16-32-22-15-14-20(24(18-22)33-17-4-2)19-29-28-26(23-12-8-9-13-25(23)34-28)27(31)30-21-10-6-5-7-11-21/h1-2,5-7,10-11,14-15,18-19H,8-9,12-13,16-17H2,(H,30,31). The number of terminal acetylenes is 2. The van der Waals surface area contributed by atoms with Crippen molar-refractivity contribution in [3.8, 4) is 36.2 Å². The van der Waals surface area contributed by atoms with Gasteiger partial charge in [0.1, 0.15) is 29.7 Å². The highest BCUT2D eigenvalue weighted by atomic mass is 32.1. The summed E-state index contributed by atoms with van der Waals surface area (Å²) in [6.07, 6.45) is 16.4. The van der Waals surface area contributed by atoms with Crippen LogP contribution in [0.5, 0.6) is 11.5 Å². The number of ether oxygens (including phenoxy) is 2. The predicted octanol–water partition coefficient (Wildman–Crippen LogP) is 5.65. The lowest BCUT2D eigenvalue weighted by Gasteiger charge is -2.12. The number of amides is 1. The van der Waals surface area contributed by atoms with Crippen molar-refractivity contribution in [1.82, 2.24) is 0 Å². The molecule has 170 valence electrons. The number of carbonyl (C=O) groups is 1. The minimum Gasteiger partial charge on any atom is -0.481 e. The third-order valence-corrected chi connectivity index (χ3v) is 6.55. The van der Waals surface area contributed by atoms with E-state index in [4.69, 9.17) is 27.3 Å². The van der Waals surface area contributed by atoms with Crippen LogP contribution in [0.15, 0.2) is 53.5 Å². The molecule has 34 heavy (non-hydrogen) atoms. The molecule has 1 N–H and O–H groups in total. The molecule has 0 unspecified atom stereocenters. The van der Waals surface area contributed by atoms with Gasteiger partial charge in [0.05, 0.1) is 5.56 Å². The minimum absolute atomic E-state index is 0.109. The minimum atomic E-state index is -0.139. The molecular formula is C28H24N2O3S. The van der Waals surface area contributed by atoms with Gasteiger partial charge in [-0.25, -0.2) is 4.99 Å². The Morgan fingerprint density at radius 2 is 1.82 bits per heavy atom. The van der Waals surface area contributed by atoms with E-state index in [-0.39, 0.29) is 19.1 Å². The summed E-state index contributed by atoms with van der Waals surface area (Å²) in [7, 11) is 0. The number of fused-ring (bicyclic) bond motifs is 1. The van der Waals surface area contributed by atoms with Crippen molar-refractivity contribution < 1.29 is 14.3 Å². The van der Waals surface area contributed by atoms with Crippen LogP contribution in [0, 0.1) is 24.7 Å². The molecule has 0 aliphatic heterocycles. The van der Waals surface area contributed by atoms with Gasteiger partial charge in [-0.05, 0) is 55.5 Å². The fraction of sp³-hybridized carbons (Fsp3) is 0.214. The van der Waals surface area contributed by atoms with E-state index < -0.39 is 0 Å². The summed E-state index contributed by atoms with van der Waals surface area (Å²) in [4.78, 5) is 19.2. The summed E-state index contributed by atoms with van der Waals surface area (Å²) in [5.74, 6) is 5.88. The molecule has 0 atom stereocenters. The maximum atomic E-state index is 13.3. The maximum absolute atomic E-state index is 13.3. The Hall–Kier alpha value is -4.00. The van der Waals surface area contributed by atoms with Gasteiger partial charge in [0.15, 0.2) is 0 Å². The van der Waals surface area contributed by atoms with E-state index in [2.05, 4.69) is 17.2 Å². The normalized spacial score (nSPS) is 12.4. The number of hydrogen-bond donors (Lipinski definition) is 1. The van der Waals surface area contributed by atoms with Crippen molar-refractivity contribution in [2.45, 2.75) is 25.7 Å².